The highest BCUT2D eigenvalue weighted by Gasteiger charge is 2.24. The van der Waals surface area contributed by atoms with E-state index in [1.54, 1.807) is 4.90 Å². The van der Waals surface area contributed by atoms with Crippen LogP contribution in [-0.2, 0) is 20.9 Å². The summed E-state index contributed by atoms with van der Waals surface area (Å²) >= 11 is 0. The molecule has 4 N–H and O–H groups in total. The average molecular weight is 462 g/mol. The summed E-state index contributed by atoms with van der Waals surface area (Å²) in [5.74, 6) is -0.445. The summed E-state index contributed by atoms with van der Waals surface area (Å²) in [6, 6.07) is 9.15. The SMILES string of the molecule is CC(C)[C@H](N)C(=O)NCC(=O)N1CCN(CC(=O)NCc2ccccc2)CC1.Cl.Cl. The molecule has 1 saturated heterocycles. The molecule has 10 heteroatoms. The predicted octanol–water partition coefficient (Wildman–Crippen LogP) is 0.390. The van der Waals surface area contributed by atoms with Gasteiger partial charge in [-0.2, -0.15) is 0 Å². The van der Waals surface area contributed by atoms with Gasteiger partial charge in [-0.1, -0.05) is 44.2 Å². The van der Waals surface area contributed by atoms with Crippen LogP contribution in [0.25, 0.3) is 0 Å². The second kappa shape index (κ2) is 14.2. The molecule has 0 radical (unpaired) electrons. The number of nitrogens with one attached hydrogen (secondary N) is 2. The minimum atomic E-state index is -0.612. The number of benzene rings is 1. The lowest BCUT2D eigenvalue weighted by Crippen LogP contribution is -2.54. The van der Waals surface area contributed by atoms with Crippen molar-refractivity contribution in [3.05, 3.63) is 35.9 Å². The zero-order valence-electron chi connectivity index (χ0n) is 17.5. The zero-order chi connectivity index (χ0) is 20.5. The quantitative estimate of drug-likeness (QED) is 0.518. The summed E-state index contributed by atoms with van der Waals surface area (Å²) in [6.45, 7) is 6.84. The fourth-order valence-electron chi connectivity index (χ4n) is 2.91. The van der Waals surface area contributed by atoms with Crippen LogP contribution < -0.4 is 16.4 Å². The predicted molar refractivity (Wildman–Crippen MR) is 122 cm³/mol. The molecule has 0 saturated carbocycles. The molecule has 0 spiro atoms. The van der Waals surface area contributed by atoms with Crippen LogP contribution in [0.1, 0.15) is 19.4 Å². The van der Waals surface area contributed by atoms with Gasteiger partial charge >= 0.3 is 0 Å². The third kappa shape index (κ3) is 9.30. The summed E-state index contributed by atoms with van der Waals surface area (Å²) in [6.07, 6.45) is 0. The van der Waals surface area contributed by atoms with Crippen molar-refractivity contribution in [2.75, 3.05) is 39.3 Å². The molecule has 3 amide bonds. The summed E-state index contributed by atoms with van der Waals surface area (Å²) in [7, 11) is 0. The second-order valence-corrected chi connectivity index (χ2v) is 7.41. The van der Waals surface area contributed by atoms with Gasteiger partial charge in [0, 0.05) is 32.7 Å². The van der Waals surface area contributed by atoms with Gasteiger partial charge in [0.05, 0.1) is 19.1 Å². The molecular formula is C20H33Cl2N5O3. The fourth-order valence-corrected chi connectivity index (χ4v) is 2.91. The Morgan fingerprint density at radius 3 is 2.17 bits per heavy atom. The van der Waals surface area contributed by atoms with Gasteiger partial charge in [0.25, 0.3) is 0 Å². The van der Waals surface area contributed by atoms with Crippen LogP contribution in [0.5, 0.6) is 0 Å². The smallest absolute Gasteiger partial charge is 0.242 e. The van der Waals surface area contributed by atoms with Gasteiger partial charge in [0.2, 0.25) is 17.7 Å². The Morgan fingerprint density at radius 1 is 1.00 bits per heavy atom. The van der Waals surface area contributed by atoms with E-state index in [2.05, 4.69) is 10.6 Å². The van der Waals surface area contributed by atoms with E-state index in [1.807, 2.05) is 49.1 Å². The molecule has 1 aromatic carbocycles. The van der Waals surface area contributed by atoms with Crippen molar-refractivity contribution in [2.45, 2.75) is 26.4 Å². The number of hydrogen-bond donors (Lipinski definition) is 3. The fraction of sp³-hybridized carbons (Fsp3) is 0.550. The van der Waals surface area contributed by atoms with Gasteiger partial charge in [-0.05, 0) is 11.5 Å². The minimum Gasteiger partial charge on any atom is -0.351 e. The normalized spacial score (nSPS) is 14.9. The van der Waals surface area contributed by atoms with Crippen molar-refractivity contribution >= 4 is 42.5 Å². The molecule has 30 heavy (non-hydrogen) atoms. The van der Waals surface area contributed by atoms with E-state index in [-0.39, 0.29) is 55.0 Å². The van der Waals surface area contributed by atoms with Crippen LogP contribution in [0.2, 0.25) is 0 Å². The minimum absolute atomic E-state index is 0. The van der Waals surface area contributed by atoms with E-state index < -0.39 is 6.04 Å². The Hall–Kier alpha value is -1.87. The lowest BCUT2D eigenvalue weighted by Gasteiger charge is -2.34. The Bertz CT molecular complexity index is 668. The maximum atomic E-state index is 12.3. The van der Waals surface area contributed by atoms with Gasteiger partial charge in [0.15, 0.2) is 0 Å². The number of amides is 3. The van der Waals surface area contributed by atoms with E-state index in [0.29, 0.717) is 39.3 Å². The maximum Gasteiger partial charge on any atom is 0.242 e. The Labute approximate surface area is 190 Å². The first-order valence-corrected chi connectivity index (χ1v) is 9.71. The van der Waals surface area contributed by atoms with Gasteiger partial charge in [-0.15, -0.1) is 24.8 Å². The summed E-state index contributed by atoms with van der Waals surface area (Å²) in [5, 5.41) is 5.52. The zero-order valence-corrected chi connectivity index (χ0v) is 19.1. The number of carbonyl (C=O) groups is 3. The lowest BCUT2D eigenvalue weighted by molar-refractivity contribution is -0.135. The highest BCUT2D eigenvalue weighted by atomic mass is 35.5. The molecular weight excluding hydrogens is 429 g/mol. The molecule has 0 bridgehead atoms. The molecule has 0 aliphatic carbocycles. The van der Waals surface area contributed by atoms with Crippen molar-refractivity contribution < 1.29 is 14.4 Å². The number of nitrogens with two attached hydrogens (primary N) is 1. The average Bonchev–Trinajstić information content (AvgIpc) is 2.70. The van der Waals surface area contributed by atoms with Gasteiger partial charge < -0.3 is 21.3 Å². The topological polar surface area (TPSA) is 108 Å². The molecule has 1 aromatic rings. The Morgan fingerprint density at radius 2 is 1.60 bits per heavy atom. The maximum absolute atomic E-state index is 12.3. The molecule has 170 valence electrons. The van der Waals surface area contributed by atoms with Crippen molar-refractivity contribution in [2.24, 2.45) is 11.7 Å². The van der Waals surface area contributed by atoms with Crippen molar-refractivity contribution in [3.63, 3.8) is 0 Å². The number of hydrogen-bond acceptors (Lipinski definition) is 5. The van der Waals surface area contributed by atoms with E-state index in [4.69, 9.17) is 5.73 Å². The number of nitrogens with zero attached hydrogens (tertiary/aromatic N) is 2. The summed E-state index contributed by atoms with van der Waals surface area (Å²) in [4.78, 5) is 39.9. The Balaban J connectivity index is 0.00000420. The molecule has 0 unspecified atom stereocenters. The van der Waals surface area contributed by atoms with Gasteiger partial charge in [0.1, 0.15) is 0 Å². The van der Waals surface area contributed by atoms with Crippen LogP contribution in [0.4, 0.5) is 0 Å². The standard InChI is InChI=1S/C20H31N5O3.2ClH/c1-15(2)19(21)20(28)23-13-18(27)25-10-8-24(9-11-25)14-17(26)22-12-16-6-4-3-5-7-16;;/h3-7,15,19H,8-14,21H2,1-2H3,(H,22,26)(H,23,28);2*1H/t19-;;/m0../s1. The molecule has 2 rings (SSSR count). The van der Waals surface area contributed by atoms with E-state index in [0.717, 1.165) is 5.56 Å². The van der Waals surface area contributed by atoms with Crippen LogP contribution >= 0.6 is 24.8 Å². The second-order valence-electron chi connectivity index (χ2n) is 7.41. The first kappa shape index (κ1) is 28.1. The van der Waals surface area contributed by atoms with Crippen LogP contribution in [-0.4, -0.2) is 72.8 Å². The third-order valence-corrected chi connectivity index (χ3v) is 4.86. The van der Waals surface area contributed by atoms with Gasteiger partial charge in [-0.25, -0.2) is 0 Å². The molecule has 1 fully saturated rings. The lowest BCUT2D eigenvalue weighted by atomic mass is 10.1. The van der Waals surface area contributed by atoms with Crippen molar-refractivity contribution in [1.82, 2.24) is 20.4 Å². The molecule has 0 aromatic heterocycles. The molecule has 1 aliphatic heterocycles. The first-order chi connectivity index (χ1) is 13.4. The number of rotatable bonds is 8. The highest BCUT2D eigenvalue weighted by Crippen LogP contribution is 2.03. The van der Waals surface area contributed by atoms with Gasteiger partial charge in [-0.3, -0.25) is 19.3 Å². The van der Waals surface area contributed by atoms with E-state index in [9.17, 15) is 14.4 Å². The largest absolute Gasteiger partial charge is 0.351 e. The van der Waals surface area contributed by atoms with Crippen LogP contribution in [0, 0.1) is 5.92 Å². The summed E-state index contributed by atoms with van der Waals surface area (Å²) < 4.78 is 0. The molecule has 8 nitrogen and oxygen atoms in total. The van der Waals surface area contributed by atoms with Crippen molar-refractivity contribution in [3.8, 4) is 0 Å². The molecule has 1 heterocycles. The number of piperazine rings is 1. The van der Waals surface area contributed by atoms with Crippen molar-refractivity contribution in [1.29, 1.82) is 0 Å². The third-order valence-electron chi connectivity index (χ3n) is 4.86. The first-order valence-electron chi connectivity index (χ1n) is 9.71. The number of carbonyl (C=O) groups excluding carboxylic acids is 3. The van der Waals surface area contributed by atoms with E-state index in [1.165, 1.54) is 0 Å². The van der Waals surface area contributed by atoms with Crippen LogP contribution in [0.3, 0.4) is 0 Å². The highest BCUT2D eigenvalue weighted by molar-refractivity contribution is 5.87. The molecule has 1 atom stereocenters. The van der Waals surface area contributed by atoms with E-state index >= 15 is 0 Å². The number of halogens is 2. The summed E-state index contributed by atoms with van der Waals surface area (Å²) in [5.41, 5.74) is 6.83. The Kier molecular flexibility index (Phi) is 13.3. The molecule has 1 aliphatic rings. The van der Waals surface area contributed by atoms with Crippen LogP contribution in [0.15, 0.2) is 30.3 Å². The monoisotopic (exact) mass is 461 g/mol.